The molecule has 4 rings (SSSR count). The molecule has 158 valence electrons. The smallest absolute Gasteiger partial charge is 0.329 e. The number of nitrogens with one attached hydrogen (secondary N) is 2. The summed E-state index contributed by atoms with van der Waals surface area (Å²) in [6, 6.07) is 16.1. The van der Waals surface area contributed by atoms with E-state index in [2.05, 4.69) is 10.4 Å². The second-order valence-corrected chi connectivity index (χ2v) is 7.28. The first kappa shape index (κ1) is 20.4. The van der Waals surface area contributed by atoms with Crippen molar-refractivity contribution in [2.24, 2.45) is 0 Å². The summed E-state index contributed by atoms with van der Waals surface area (Å²) < 4.78 is 6.58. The topological polar surface area (TPSA) is 96.4 Å². The van der Waals surface area contributed by atoms with Gasteiger partial charge < -0.3 is 10.1 Å². The summed E-state index contributed by atoms with van der Waals surface area (Å²) in [7, 11) is 1.51. The Bertz CT molecular complexity index is 1210. The molecule has 1 saturated heterocycles. The standard InChI is InChI=1S/C23H22N4O4/c1-15-8-10-16(11-9-15)13-26-22(29)19(24-23(26)30)12-18-20(14-31-2)25-27(21(18)28)17-6-4-3-5-7-17/h3-12,25H,13-14H2,1-2H3,(H,24,30). The fourth-order valence-electron chi connectivity index (χ4n) is 3.39. The molecule has 1 fully saturated rings. The van der Waals surface area contributed by atoms with Gasteiger partial charge in [0.1, 0.15) is 5.70 Å². The summed E-state index contributed by atoms with van der Waals surface area (Å²) in [6.07, 6.45) is 1.40. The first-order chi connectivity index (χ1) is 15.0. The number of H-pyrrole nitrogens is 1. The van der Waals surface area contributed by atoms with Crippen LogP contribution in [0.3, 0.4) is 0 Å². The number of aromatic amines is 1. The lowest BCUT2D eigenvalue weighted by molar-refractivity contribution is -0.123. The second kappa shape index (κ2) is 8.45. The molecule has 2 N–H and O–H groups in total. The van der Waals surface area contributed by atoms with E-state index in [-0.39, 0.29) is 30.0 Å². The van der Waals surface area contributed by atoms with E-state index in [4.69, 9.17) is 4.74 Å². The third kappa shape index (κ3) is 4.06. The zero-order valence-corrected chi connectivity index (χ0v) is 17.2. The Kier molecular flexibility index (Phi) is 5.55. The van der Waals surface area contributed by atoms with Crippen molar-refractivity contribution in [2.45, 2.75) is 20.1 Å². The lowest BCUT2D eigenvalue weighted by atomic mass is 10.1. The van der Waals surface area contributed by atoms with E-state index in [1.54, 1.807) is 12.1 Å². The number of carbonyl (C=O) groups is 2. The number of urea groups is 1. The highest BCUT2D eigenvalue weighted by Gasteiger charge is 2.34. The van der Waals surface area contributed by atoms with Crippen molar-refractivity contribution in [3.8, 4) is 5.69 Å². The molecule has 0 spiro atoms. The lowest BCUT2D eigenvalue weighted by Crippen LogP contribution is -2.30. The molecule has 2 heterocycles. The van der Waals surface area contributed by atoms with Crippen LogP contribution in [0.15, 0.2) is 65.1 Å². The molecule has 0 unspecified atom stereocenters. The minimum absolute atomic E-state index is 0.0470. The van der Waals surface area contributed by atoms with Crippen LogP contribution >= 0.6 is 0 Å². The molecule has 0 radical (unpaired) electrons. The lowest BCUT2D eigenvalue weighted by Gasteiger charge is -2.11. The number of carbonyl (C=O) groups excluding carboxylic acids is 2. The van der Waals surface area contributed by atoms with E-state index in [0.29, 0.717) is 11.4 Å². The molecular formula is C23H22N4O4. The summed E-state index contributed by atoms with van der Waals surface area (Å²) in [5, 5.41) is 5.60. The number of hydrogen-bond donors (Lipinski definition) is 2. The minimum atomic E-state index is -0.524. The second-order valence-electron chi connectivity index (χ2n) is 7.28. The van der Waals surface area contributed by atoms with E-state index in [1.807, 2.05) is 49.4 Å². The number of imide groups is 1. The summed E-state index contributed by atoms with van der Waals surface area (Å²) in [6.45, 7) is 2.26. The van der Waals surface area contributed by atoms with Crippen molar-refractivity contribution in [3.63, 3.8) is 0 Å². The van der Waals surface area contributed by atoms with Crippen LogP contribution in [-0.4, -0.2) is 33.7 Å². The van der Waals surface area contributed by atoms with Crippen LogP contribution in [0, 0.1) is 6.92 Å². The molecule has 2 aromatic carbocycles. The average Bonchev–Trinajstić information content (AvgIpc) is 3.22. The molecule has 1 aliphatic heterocycles. The van der Waals surface area contributed by atoms with Gasteiger partial charge in [-0.1, -0.05) is 48.0 Å². The Labute approximate surface area is 178 Å². The fraction of sp³-hybridized carbons (Fsp3) is 0.174. The Balaban J connectivity index is 1.67. The van der Waals surface area contributed by atoms with Crippen LogP contribution in [0.1, 0.15) is 22.4 Å². The maximum atomic E-state index is 13.0. The highest BCUT2D eigenvalue weighted by molar-refractivity contribution is 6.13. The number of para-hydroxylation sites is 1. The summed E-state index contributed by atoms with van der Waals surface area (Å²) in [5.41, 5.74) is 3.04. The van der Waals surface area contributed by atoms with Crippen molar-refractivity contribution in [1.82, 2.24) is 20.0 Å². The van der Waals surface area contributed by atoms with Gasteiger partial charge in [0, 0.05) is 7.11 Å². The van der Waals surface area contributed by atoms with E-state index in [1.165, 1.54) is 17.9 Å². The van der Waals surface area contributed by atoms with E-state index >= 15 is 0 Å². The molecular weight excluding hydrogens is 396 g/mol. The highest BCUT2D eigenvalue weighted by Crippen LogP contribution is 2.18. The molecule has 8 nitrogen and oxygen atoms in total. The van der Waals surface area contributed by atoms with Crippen molar-refractivity contribution >= 4 is 18.0 Å². The van der Waals surface area contributed by atoms with Crippen LogP contribution < -0.4 is 10.9 Å². The molecule has 0 bridgehead atoms. The number of aryl methyl sites for hydroxylation is 1. The molecule has 3 aromatic rings. The molecule has 0 aliphatic carbocycles. The van der Waals surface area contributed by atoms with Gasteiger partial charge in [-0.3, -0.25) is 19.6 Å². The normalized spacial score (nSPS) is 15.0. The molecule has 1 aliphatic rings. The van der Waals surface area contributed by atoms with Crippen LogP contribution in [0.25, 0.3) is 11.8 Å². The number of ether oxygens (including phenoxy) is 1. The Morgan fingerprint density at radius 3 is 2.39 bits per heavy atom. The third-order valence-electron chi connectivity index (χ3n) is 5.02. The van der Waals surface area contributed by atoms with Gasteiger partial charge in [-0.2, -0.15) is 0 Å². The third-order valence-corrected chi connectivity index (χ3v) is 5.02. The minimum Gasteiger partial charge on any atom is -0.378 e. The largest absolute Gasteiger partial charge is 0.378 e. The zero-order valence-electron chi connectivity index (χ0n) is 17.2. The van der Waals surface area contributed by atoms with E-state index in [0.717, 1.165) is 16.0 Å². The van der Waals surface area contributed by atoms with Crippen molar-refractivity contribution < 1.29 is 14.3 Å². The maximum absolute atomic E-state index is 13.0. The molecule has 3 amide bonds. The molecule has 1 aromatic heterocycles. The number of nitrogens with zero attached hydrogens (tertiary/aromatic N) is 2. The first-order valence-corrected chi connectivity index (χ1v) is 9.76. The highest BCUT2D eigenvalue weighted by atomic mass is 16.5. The van der Waals surface area contributed by atoms with E-state index < -0.39 is 11.9 Å². The van der Waals surface area contributed by atoms with Crippen molar-refractivity contribution in [2.75, 3.05) is 7.11 Å². The number of methoxy groups -OCH3 is 1. The molecule has 8 heteroatoms. The average molecular weight is 418 g/mol. The fourth-order valence-corrected chi connectivity index (χ4v) is 3.39. The van der Waals surface area contributed by atoms with Gasteiger partial charge in [0.05, 0.1) is 30.1 Å². The van der Waals surface area contributed by atoms with Gasteiger partial charge >= 0.3 is 6.03 Å². The van der Waals surface area contributed by atoms with Crippen molar-refractivity contribution in [3.05, 3.63) is 93.0 Å². The number of aromatic nitrogens is 2. The summed E-state index contributed by atoms with van der Waals surface area (Å²) in [5.74, 6) is -0.485. The predicted octanol–water partition coefficient (Wildman–Crippen LogP) is 2.71. The summed E-state index contributed by atoms with van der Waals surface area (Å²) in [4.78, 5) is 39.4. The van der Waals surface area contributed by atoms with Gasteiger partial charge in [-0.05, 0) is 30.7 Å². The number of hydrogen-bond acceptors (Lipinski definition) is 4. The van der Waals surface area contributed by atoms with Crippen molar-refractivity contribution in [1.29, 1.82) is 0 Å². The zero-order chi connectivity index (χ0) is 22.0. The molecule has 31 heavy (non-hydrogen) atoms. The summed E-state index contributed by atoms with van der Waals surface area (Å²) >= 11 is 0. The first-order valence-electron chi connectivity index (χ1n) is 9.76. The van der Waals surface area contributed by atoms with Gasteiger partial charge in [0.25, 0.3) is 11.5 Å². The SMILES string of the molecule is COCc1[nH]n(-c2ccccc2)c(=O)c1C=C1NC(=O)N(Cc2ccc(C)cc2)C1=O. The number of benzene rings is 2. The Morgan fingerprint density at radius 2 is 1.71 bits per heavy atom. The number of rotatable bonds is 6. The number of amides is 3. The van der Waals surface area contributed by atoms with Crippen LogP contribution in [0.5, 0.6) is 0 Å². The van der Waals surface area contributed by atoms with E-state index in [9.17, 15) is 14.4 Å². The molecule has 0 saturated carbocycles. The van der Waals surface area contributed by atoms with Crippen LogP contribution in [0.4, 0.5) is 4.79 Å². The van der Waals surface area contributed by atoms with Crippen LogP contribution in [0.2, 0.25) is 0 Å². The van der Waals surface area contributed by atoms with Gasteiger partial charge in [0.2, 0.25) is 0 Å². The Morgan fingerprint density at radius 1 is 1.00 bits per heavy atom. The Hall–Kier alpha value is -3.91. The van der Waals surface area contributed by atoms with Gasteiger partial charge in [-0.15, -0.1) is 0 Å². The monoisotopic (exact) mass is 418 g/mol. The van der Waals surface area contributed by atoms with Gasteiger partial charge in [-0.25, -0.2) is 9.48 Å². The van der Waals surface area contributed by atoms with Crippen LogP contribution in [-0.2, 0) is 22.7 Å². The maximum Gasteiger partial charge on any atom is 0.329 e. The predicted molar refractivity (Wildman–Crippen MR) is 115 cm³/mol. The molecule has 0 atom stereocenters. The quantitative estimate of drug-likeness (QED) is 0.475. The van der Waals surface area contributed by atoms with Gasteiger partial charge in [0.15, 0.2) is 0 Å².